The largest absolute Gasteiger partial charge is 0.409 e. The molecule has 1 aliphatic heterocycles. The number of oxime groups is 1. The second-order valence-corrected chi connectivity index (χ2v) is 4.98. The summed E-state index contributed by atoms with van der Waals surface area (Å²) in [4.78, 5) is 0. The van der Waals surface area contributed by atoms with Gasteiger partial charge in [0, 0.05) is 24.8 Å². The van der Waals surface area contributed by atoms with Crippen LogP contribution in [0.3, 0.4) is 0 Å². The van der Waals surface area contributed by atoms with E-state index in [1.165, 1.54) is 6.07 Å². The van der Waals surface area contributed by atoms with Crippen LogP contribution in [0.1, 0.15) is 30.9 Å². The molecule has 0 aromatic heterocycles. The average molecular weight is 281 g/mol. The summed E-state index contributed by atoms with van der Waals surface area (Å²) in [6.07, 6.45) is 2.29. The van der Waals surface area contributed by atoms with E-state index in [0.717, 1.165) is 19.4 Å². The normalized spacial score (nSPS) is 21.1. The van der Waals surface area contributed by atoms with Gasteiger partial charge < -0.3 is 21.0 Å². The third-order valence-corrected chi connectivity index (χ3v) is 3.60. The average Bonchev–Trinajstić information content (AvgIpc) is 2.99. The summed E-state index contributed by atoms with van der Waals surface area (Å²) >= 11 is 0. The summed E-state index contributed by atoms with van der Waals surface area (Å²) in [6.45, 7) is 3.20. The molecule has 2 unspecified atom stereocenters. The van der Waals surface area contributed by atoms with Gasteiger partial charge in [0.15, 0.2) is 5.84 Å². The van der Waals surface area contributed by atoms with Crippen LogP contribution in [0.15, 0.2) is 23.4 Å². The molecule has 0 aliphatic carbocycles. The van der Waals surface area contributed by atoms with Crippen LogP contribution in [0, 0.1) is 5.82 Å². The molecule has 1 heterocycles. The summed E-state index contributed by atoms with van der Waals surface area (Å²) in [7, 11) is 0. The van der Waals surface area contributed by atoms with E-state index in [2.05, 4.69) is 10.5 Å². The standard InChI is InChI=1S/C14H20FN3O2/c1-9(12-6-3-7-20-12)17-8-10-4-2-5-11(13(10)15)14(16)18-19/h2,4-5,9,12,17,19H,3,6-8H2,1H3,(H2,16,18). The monoisotopic (exact) mass is 281 g/mol. The molecular formula is C14H20FN3O2. The van der Waals surface area contributed by atoms with Crippen molar-refractivity contribution in [1.82, 2.24) is 5.32 Å². The van der Waals surface area contributed by atoms with E-state index in [-0.39, 0.29) is 23.5 Å². The fraction of sp³-hybridized carbons (Fsp3) is 0.500. The van der Waals surface area contributed by atoms with Gasteiger partial charge in [-0.2, -0.15) is 0 Å². The number of nitrogens with two attached hydrogens (primary N) is 1. The van der Waals surface area contributed by atoms with Gasteiger partial charge in [0.25, 0.3) is 0 Å². The zero-order chi connectivity index (χ0) is 14.5. The molecule has 1 fully saturated rings. The quantitative estimate of drug-likeness (QED) is 0.331. The van der Waals surface area contributed by atoms with Gasteiger partial charge in [-0.1, -0.05) is 17.3 Å². The van der Waals surface area contributed by atoms with Gasteiger partial charge in [0.1, 0.15) is 5.82 Å². The highest BCUT2D eigenvalue weighted by atomic mass is 19.1. The van der Waals surface area contributed by atoms with Crippen molar-refractivity contribution in [2.45, 2.75) is 38.5 Å². The van der Waals surface area contributed by atoms with Crippen molar-refractivity contribution in [2.75, 3.05) is 6.61 Å². The zero-order valence-corrected chi connectivity index (χ0v) is 11.5. The Kier molecular flexibility index (Phi) is 4.92. The first-order chi connectivity index (χ1) is 9.63. The molecule has 5 nitrogen and oxygen atoms in total. The highest BCUT2D eigenvalue weighted by Crippen LogP contribution is 2.17. The third kappa shape index (κ3) is 3.26. The van der Waals surface area contributed by atoms with E-state index in [9.17, 15) is 4.39 Å². The molecule has 1 aromatic carbocycles. The Morgan fingerprint density at radius 3 is 3.10 bits per heavy atom. The van der Waals surface area contributed by atoms with Gasteiger partial charge in [0.05, 0.1) is 11.7 Å². The molecule has 0 saturated carbocycles. The van der Waals surface area contributed by atoms with Crippen LogP contribution < -0.4 is 11.1 Å². The van der Waals surface area contributed by atoms with Gasteiger partial charge >= 0.3 is 0 Å². The lowest BCUT2D eigenvalue weighted by atomic mass is 10.1. The van der Waals surface area contributed by atoms with Gasteiger partial charge in [-0.05, 0) is 25.8 Å². The predicted molar refractivity (Wildman–Crippen MR) is 74.2 cm³/mol. The maximum atomic E-state index is 14.2. The fourth-order valence-electron chi connectivity index (χ4n) is 2.37. The van der Waals surface area contributed by atoms with E-state index in [4.69, 9.17) is 15.7 Å². The fourth-order valence-corrected chi connectivity index (χ4v) is 2.37. The molecule has 2 atom stereocenters. The lowest BCUT2D eigenvalue weighted by Crippen LogP contribution is -2.36. The molecule has 1 aromatic rings. The maximum Gasteiger partial charge on any atom is 0.173 e. The summed E-state index contributed by atoms with van der Waals surface area (Å²) in [5.74, 6) is -0.689. The molecule has 20 heavy (non-hydrogen) atoms. The van der Waals surface area contributed by atoms with Crippen molar-refractivity contribution in [1.29, 1.82) is 0 Å². The topological polar surface area (TPSA) is 79.9 Å². The van der Waals surface area contributed by atoms with E-state index in [1.807, 2.05) is 6.92 Å². The Morgan fingerprint density at radius 2 is 2.45 bits per heavy atom. The Bertz CT molecular complexity index is 487. The Morgan fingerprint density at radius 1 is 1.65 bits per heavy atom. The third-order valence-electron chi connectivity index (χ3n) is 3.60. The summed E-state index contributed by atoms with van der Waals surface area (Å²) in [5.41, 5.74) is 6.03. The second kappa shape index (κ2) is 6.67. The molecule has 0 spiro atoms. The first-order valence-corrected chi connectivity index (χ1v) is 6.73. The first-order valence-electron chi connectivity index (χ1n) is 6.73. The molecule has 110 valence electrons. The first kappa shape index (κ1) is 14.7. The van der Waals surface area contributed by atoms with Crippen LogP contribution in [0.4, 0.5) is 4.39 Å². The van der Waals surface area contributed by atoms with Crippen molar-refractivity contribution in [2.24, 2.45) is 10.9 Å². The van der Waals surface area contributed by atoms with Gasteiger partial charge in [0.2, 0.25) is 0 Å². The Balaban J connectivity index is 2.02. The van der Waals surface area contributed by atoms with E-state index in [0.29, 0.717) is 12.1 Å². The molecule has 1 saturated heterocycles. The van der Waals surface area contributed by atoms with Crippen LogP contribution >= 0.6 is 0 Å². The molecule has 4 N–H and O–H groups in total. The maximum absolute atomic E-state index is 14.2. The van der Waals surface area contributed by atoms with Gasteiger partial charge in [-0.3, -0.25) is 0 Å². The minimum absolute atomic E-state index is 0.108. The number of nitrogens with zero attached hydrogens (tertiary/aromatic N) is 1. The second-order valence-electron chi connectivity index (χ2n) is 4.98. The van der Waals surface area contributed by atoms with Crippen LogP contribution in [-0.2, 0) is 11.3 Å². The van der Waals surface area contributed by atoms with Gasteiger partial charge in [-0.25, -0.2) is 4.39 Å². The van der Waals surface area contributed by atoms with Crippen molar-refractivity contribution in [3.63, 3.8) is 0 Å². The molecule has 1 aliphatic rings. The van der Waals surface area contributed by atoms with Gasteiger partial charge in [-0.15, -0.1) is 0 Å². The SMILES string of the molecule is CC(NCc1cccc(/C(N)=N/O)c1F)C1CCCO1. The van der Waals surface area contributed by atoms with Crippen molar-refractivity contribution >= 4 is 5.84 Å². The van der Waals surface area contributed by atoms with E-state index in [1.54, 1.807) is 12.1 Å². The molecular weight excluding hydrogens is 261 g/mol. The van der Waals surface area contributed by atoms with Crippen LogP contribution in [0.5, 0.6) is 0 Å². The molecule has 2 rings (SSSR count). The number of halogens is 1. The number of hydrogen-bond donors (Lipinski definition) is 3. The number of benzene rings is 1. The van der Waals surface area contributed by atoms with Crippen molar-refractivity contribution < 1.29 is 14.3 Å². The minimum Gasteiger partial charge on any atom is -0.409 e. The van der Waals surface area contributed by atoms with Crippen molar-refractivity contribution in [3.05, 3.63) is 35.1 Å². The van der Waals surface area contributed by atoms with E-state index >= 15 is 0 Å². The van der Waals surface area contributed by atoms with Crippen molar-refractivity contribution in [3.8, 4) is 0 Å². The molecule has 6 heteroatoms. The number of amidine groups is 1. The van der Waals surface area contributed by atoms with Crippen LogP contribution in [-0.4, -0.2) is 29.8 Å². The molecule has 0 radical (unpaired) electrons. The summed E-state index contributed by atoms with van der Waals surface area (Å²) in [6, 6.07) is 5.00. The van der Waals surface area contributed by atoms with Crippen LogP contribution in [0.2, 0.25) is 0 Å². The smallest absolute Gasteiger partial charge is 0.173 e. The number of ether oxygens (including phenoxy) is 1. The number of nitrogens with one attached hydrogen (secondary N) is 1. The van der Waals surface area contributed by atoms with E-state index < -0.39 is 5.82 Å². The summed E-state index contributed by atoms with van der Waals surface area (Å²) in [5, 5.41) is 14.7. The lowest BCUT2D eigenvalue weighted by Gasteiger charge is -2.20. The summed E-state index contributed by atoms with van der Waals surface area (Å²) < 4.78 is 19.8. The minimum atomic E-state index is -0.463. The number of rotatable bonds is 5. The molecule has 0 bridgehead atoms. The zero-order valence-electron chi connectivity index (χ0n) is 11.5. The Hall–Kier alpha value is -1.66. The molecule has 0 amide bonds. The predicted octanol–water partition coefficient (Wildman–Crippen LogP) is 1.58. The number of hydrogen-bond acceptors (Lipinski definition) is 4. The highest BCUT2D eigenvalue weighted by molar-refractivity contribution is 5.97. The lowest BCUT2D eigenvalue weighted by molar-refractivity contribution is 0.0831. The van der Waals surface area contributed by atoms with Crippen LogP contribution in [0.25, 0.3) is 0 Å². The Labute approximate surface area is 117 Å². The highest BCUT2D eigenvalue weighted by Gasteiger charge is 2.22.